The summed E-state index contributed by atoms with van der Waals surface area (Å²) in [7, 11) is 1.60. The number of amides is 3. The van der Waals surface area contributed by atoms with Crippen LogP contribution in [0, 0.1) is 6.92 Å². The zero-order valence-corrected chi connectivity index (χ0v) is 21.3. The fourth-order valence-corrected chi connectivity index (χ4v) is 4.81. The van der Waals surface area contributed by atoms with Crippen molar-refractivity contribution in [2.45, 2.75) is 57.9 Å². The summed E-state index contributed by atoms with van der Waals surface area (Å²) < 4.78 is 6.80. The van der Waals surface area contributed by atoms with Gasteiger partial charge in [0.1, 0.15) is 17.0 Å². The van der Waals surface area contributed by atoms with Gasteiger partial charge in [0.25, 0.3) is 11.8 Å². The van der Waals surface area contributed by atoms with E-state index in [-0.39, 0.29) is 42.3 Å². The Morgan fingerprint density at radius 1 is 1.03 bits per heavy atom. The highest BCUT2D eigenvalue weighted by molar-refractivity contribution is 6.07. The molecule has 2 heterocycles. The van der Waals surface area contributed by atoms with E-state index in [4.69, 9.17) is 4.74 Å². The first kappa shape index (κ1) is 24.5. The number of nitrogens with one attached hydrogen (secondary N) is 2. The maximum atomic E-state index is 13.8. The number of fused-ring (bicyclic) bond motifs is 1. The number of hydrogen-bond acceptors (Lipinski definition) is 5. The monoisotopic (exact) mass is 501 g/mol. The first-order valence-corrected chi connectivity index (χ1v) is 12.4. The number of carbonyl (C=O) groups excluding carboxylic acids is 3. The lowest BCUT2D eigenvalue weighted by Gasteiger charge is -2.44. The minimum absolute atomic E-state index is 0.0264. The molecule has 1 fully saturated rings. The van der Waals surface area contributed by atoms with Crippen LogP contribution in [-0.4, -0.2) is 50.9 Å². The van der Waals surface area contributed by atoms with Crippen molar-refractivity contribution in [3.63, 3.8) is 0 Å². The van der Waals surface area contributed by atoms with Gasteiger partial charge in [-0.05, 0) is 49.9 Å². The molecular formula is C28H31N5O4. The van der Waals surface area contributed by atoms with Crippen LogP contribution in [0.2, 0.25) is 0 Å². The lowest BCUT2D eigenvalue weighted by molar-refractivity contribution is -0.133. The Morgan fingerprint density at radius 3 is 2.27 bits per heavy atom. The SMILES string of the molecule is COc1ccc(CNC(=O)c2ncn3c2C(=O)N(C2CC2)[C@@](C)(C(=O)NCc2ccc(C)cc2)C3)cc1. The van der Waals surface area contributed by atoms with Crippen molar-refractivity contribution in [3.05, 3.63) is 82.9 Å². The second kappa shape index (κ2) is 9.72. The predicted octanol–water partition coefficient (Wildman–Crippen LogP) is 2.82. The summed E-state index contributed by atoms with van der Waals surface area (Å²) in [6.07, 6.45) is 3.14. The number of carbonyl (C=O) groups is 3. The van der Waals surface area contributed by atoms with Crippen molar-refractivity contribution >= 4 is 17.7 Å². The van der Waals surface area contributed by atoms with Gasteiger partial charge in [0.05, 0.1) is 20.0 Å². The summed E-state index contributed by atoms with van der Waals surface area (Å²) in [5.74, 6) is -0.261. The minimum Gasteiger partial charge on any atom is -0.497 e. The second-order valence-corrected chi connectivity index (χ2v) is 9.95. The summed E-state index contributed by atoms with van der Waals surface area (Å²) in [4.78, 5) is 46.2. The van der Waals surface area contributed by atoms with Crippen LogP contribution in [0.15, 0.2) is 54.9 Å². The third kappa shape index (κ3) is 4.81. The normalized spacial score (nSPS) is 18.8. The number of methoxy groups -OCH3 is 1. The van der Waals surface area contributed by atoms with E-state index in [1.165, 1.54) is 6.33 Å². The van der Waals surface area contributed by atoms with Gasteiger partial charge >= 0.3 is 0 Å². The number of aromatic nitrogens is 2. The van der Waals surface area contributed by atoms with Gasteiger partial charge < -0.3 is 24.8 Å². The van der Waals surface area contributed by atoms with Crippen LogP contribution in [0.3, 0.4) is 0 Å². The van der Waals surface area contributed by atoms with E-state index in [0.717, 1.165) is 35.3 Å². The van der Waals surface area contributed by atoms with E-state index in [2.05, 4.69) is 15.6 Å². The molecular weight excluding hydrogens is 470 g/mol. The quantitative estimate of drug-likeness (QED) is 0.494. The maximum absolute atomic E-state index is 13.8. The molecule has 5 rings (SSSR count). The first-order valence-electron chi connectivity index (χ1n) is 12.4. The molecule has 9 nitrogen and oxygen atoms in total. The van der Waals surface area contributed by atoms with Crippen molar-refractivity contribution < 1.29 is 19.1 Å². The van der Waals surface area contributed by atoms with Crippen LogP contribution in [0.25, 0.3) is 0 Å². The van der Waals surface area contributed by atoms with Crippen LogP contribution < -0.4 is 15.4 Å². The molecule has 1 aromatic heterocycles. The molecule has 0 radical (unpaired) electrons. The van der Waals surface area contributed by atoms with Crippen LogP contribution in [0.1, 0.15) is 57.4 Å². The van der Waals surface area contributed by atoms with Crippen molar-refractivity contribution in [1.29, 1.82) is 0 Å². The Balaban J connectivity index is 1.33. The molecule has 1 aliphatic heterocycles. The van der Waals surface area contributed by atoms with E-state index in [1.54, 1.807) is 23.5 Å². The summed E-state index contributed by atoms with van der Waals surface area (Å²) in [6.45, 7) is 4.69. The van der Waals surface area contributed by atoms with E-state index in [1.807, 2.05) is 55.5 Å². The predicted molar refractivity (Wildman–Crippen MR) is 137 cm³/mol. The number of rotatable bonds is 8. The number of ether oxygens (including phenoxy) is 1. The summed E-state index contributed by atoms with van der Waals surface area (Å²) in [5, 5.41) is 5.86. The summed E-state index contributed by atoms with van der Waals surface area (Å²) in [6, 6.07) is 15.3. The molecule has 2 aromatic carbocycles. The number of nitrogens with zero attached hydrogens (tertiary/aromatic N) is 3. The minimum atomic E-state index is -1.09. The van der Waals surface area contributed by atoms with Gasteiger partial charge in [0, 0.05) is 19.1 Å². The zero-order valence-electron chi connectivity index (χ0n) is 21.3. The van der Waals surface area contributed by atoms with Gasteiger partial charge in [-0.1, -0.05) is 42.0 Å². The van der Waals surface area contributed by atoms with Gasteiger partial charge in [-0.25, -0.2) is 4.98 Å². The second-order valence-electron chi connectivity index (χ2n) is 9.95. The smallest absolute Gasteiger partial charge is 0.274 e. The van der Waals surface area contributed by atoms with Crippen LogP contribution in [0.4, 0.5) is 0 Å². The van der Waals surface area contributed by atoms with Gasteiger partial charge in [-0.2, -0.15) is 0 Å². The van der Waals surface area contributed by atoms with Gasteiger partial charge in [-0.3, -0.25) is 14.4 Å². The van der Waals surface area contributed by atoms with Crippen molar-refractivity contribution in [3.8, 4) is 5.75 Å². The average Bonchev–Trinajstić information content (AvgIpc) is 3.64. The van der Waals surface area contributed by atoms with Crippen molar-refractivity contribution in [1.82, 2.24) is 25.1 Å². The molecule has 0 spiro atoms. The Kier molecular flexibility index (Phi) is 6.45. The lowest BCUT2D eigenvalue weighted by Crippen LogP contribution is -2.64. The molecule has 1 aliphatic carbocycles. The molecule has 2 aliphatic rings. The van der Waals surface area contributed by atoms with Gasteiger partial charge in [0.15, 0.2) is 5.69 Å². The Morgan fingerprint density at radius 2 is 1.65 bits per heavy atom. The molecule has 9 heteroatoms. The Hall–Kier alpha value is -4.14. The molecule has 37 heavy (non-hydrogen) atoms. The third-order valence-corrected chi connectivity index (χ3v) is 7.07. The number of aryl methyl sites for hydroxylation is 1. The molecule has 0 bridgehead atoms. The average molecular weight is 502 g/mol. The zero-order chi connectivity index (χ0) is 26.2. The molecule has 0 unspecified atom stereocenters. The van der Waals surface area contributed by atoms with Crippen molar-refractivity contribution in [2.75, 3.05) is 7.11 Å². The molecule has 1 atom stereocenters. The number of hydrogen-bond donors (Lipinski definition) is 2. The number of benzene rings is 2. The van der Waals surface area contributed by atoms with Crippen molar-refractivity contribution in [2.24, 2.45) is 0 Å². The molecule has 0 saturated heterocycles. The molecule has 3 amide bonds. The molecule has 1 saturated carbocycles. The third-order valence-electron chi connectivity index (χ3n) is 7.07. The van der Waals surface area contributed by atoms with E-state index >= 15 is 0 Å². The lowest BCUT2D eigenvalue weighted by atomic mass is 9.93. The van der Waals surface area contributed by atoms with Gasteiger partial charge in [-0.15, -0.1) is 0 Å². The molecule has 2 N–H and O–H groups in total. The highest BCUT2D eigenvalue weighted by Gasteiger charge is 2.53. The fraction of sp³-hybridized carbons (Fsp3) is 0.357. The Bertz CT molecular complexity index is 1330. The fourth-order valence-electron chi connectivity index (χ4n) is 4.81. The topological polar surface area (TPSA) is 106 Å². The highest BCUT2D eigenvalue weighted by Crippen LogP contribution is 2.38. The van der Waals surface area contributed by atoms with Crippen LogP contribution in [0.5, 0.6) is 5.75 Å². The first-order chi connectivity index (χ1) is 17.8. The standard InChI is InChI=1S/C28H31N5O4/c1-18-4-6-19(7-5-18)15-30-27(36)28(2)16-32-17-31-23(24(32)26(35)33(28)21-10-11-21)25(34)29-14-20-8-12-22(37-3)13-9-20/h4-9,12-13,17,21H,10-11,14-16H2,1-3H3,(H,29,34)(H,30,36)/t28-/m1/s1. The summed E-state index contributed by atoms with van der Waals surface area (Å²) in [5.41, 5.74) is 2.24. The van der Waals surface area contributed by atoms with Gasteiger partial charge in [0.2, 0.25) is 5.91 Å². The Labute approximate surface area is 215 Å². The van der Waals surface area contributed by atoms with E-state index in [0.29, 0.717) is 6.54 Å². The summed E-state index contributed by atoms with van der Waals surface area (Å²) >= 11 is 0. The maximum Gasteiger partial charge on any atom is 0.274 e. The molecule has 192 valence electrons. The highest BCUT2D eigenvalue weighted by atomic mass is 16.5. The number of imidazole rings is 1. The largest absolute Gasteiger partial charge is 0.497 e. The van der Waals surface area contributed by atoms with E-state index in [9.17, 15) is 14.4 Å². The van der Waals surface area contributed by atoms with Crippen LogP contribution in [-0.2, 0) is 24.4 Å². The van der Waals surface area contributed by atoms with Crippen LogP contribution >= 0.6 is 0 Å². The van der Waals surface area contributed by atoms with E-state index < -0.39 is 11.4 Å². The molecule has 3 aromatic rings.